The second kappa shape index (κ2) is 6.84. The summed E-state index contributed by atoms with van der Waals surface area (Å²) in [5, 5.41) is 9.89. The average Bonchev–Trinajstić information content (AvgIpc) is 2.50. The fraction of sp³-hybridized carbons (Fsp3) is 0.600. The number of likely N-dealkylation sites (tertiary alicyclic amines) is 1. The van der Waals surface area contributed by atoms with Crippen molar-refractivity contribution in [2.24, 2.45) is 5.41 Å². The van der Waals surface area contributed by atoms with E-state index in [-0.39, 0.29) is 6.09 Å². The molecule has 1 aromatic carbocycles. The van der Waals surface area contributed by atoms with Crippen LogP contribution in [0.1, 0.15) is 50.3 Å². The molecule has 1 heterocycles. The van der Waals surface area contributed by atoms with Crippen molar-refractivity contribution >= 4 is 6.09 Å². The molecule has 0 aromatic heterocycles. The highest BCUT2D eigenvalue weighted by Crippen LogP contribution is 2.35. The van der Waals surface area contributed by atoms with Crippen molar-refractivity contribution in [3.05, 3.63) is 34.9 Å². The number of carbonyl (C=O) groups is 1. The van der Waals surface area contributed by atoms with Crippen LogP contribution in [0.3, 0.4) is 0 Å². The normalized spacial score (nSPS) is 21.2. The molecule has 2 rings (SSSR count). The highest BCUT2D eigenvalue weighted by Gasteiger charge is 2.39. The number of piperidine rings is 1. The Kier molecular flexibility index (Phi) is 5.22. The number of benzene rings is 1. The van der Waals surface area contributed by atoms with E-state index in [1.807, 2.05) is 26.8 Å². The van der Waals surface area contributed by atoms with E-state index in [9.17, 15) is 10.1 Å². The Morgan fingerprint density at radius 2 is 1.96 bits per heavy atom. The first kappa shape index (κ1) is 18.3. The van der Waals surface area contributed by atoms with Gasteiger partial charge >= 0.3 is 6.09 Å². The van der Waals surface area contributed by atoms with E-state index in [2.05, 4.69) is 32.0 Å². The Bertz CT molecular complexity index is 634. The molecule has 1 fully saturated rings. The van der Waals surface area contributed by atoms with E-state index in [0.29, 0.717) is 19.5 Å². The number of ether oxygens (including phenoxy) is 1. The molecular weight excluding hydrogens is 300 g/mol. The molecule has 4 heteroatoms. The van der Waals surface area contributed by atoms with E-state index in [0.717, 1.165) is 12.8 Å². The topological polar surface area (TPSA) is 53.3 Å². The van der Waals surface area contributed by atoms with Crippen LogP contribution in [0.15, 0.2) is 18.2 Å². The molecule has 1 aromatic rings. The fourth-order valence-electron chi connectivity index (χ4n) is 3.36. The smallest absolute Gasteiger partial charge is 0.410 e. The number of aryl methyl sites for hydroxylation is 2. The standard InChI is InChI=1S/C20H28N2O2/c1-15-8-6-9-16(2)17(15)12-20(13-21)10-7-11-22(14-20)18(23)24-19(3,4)5/h6,8-9H,7,10-12,14H2,1-5H3. The highest BCUT2D eigenvalue weighted by molar-refractivity contribution is 5.68. The average molecular weight is 328 g/mol. The van der Waals surface area contributed by atoms with Crippen molar-refractivity contribution in [1.29, 1.82) is 5.26 Å². The lowest BCUT2D eigenvalue weighted by Crippen LogP contribution is -2.48. The summed E-state index contributed by atoms with van der Waals surface area (Å²) in [6.45, 7) is 10.9. The Hall–Kier alpha value is -2.02. The summed E-state index contributed by atoms with van der Waals surface area (Å²) < 4.78 is 5.49. The number of nitriles is 1. The van der Waals surface area contributed by atoms with Gasteiger partial charge in [-0.05, 0) is 70.6 Å². The molecule has 4 nitrogen and oxygen atoms in total. The second-order valence-electron chi connectivity index (χ2n) is 7.94. The summed E-state index contributed by atoms with van der Waals surface area (Å²) in [5.74, 6) is 0. The van der Waals surface area contributed by atoms with Gasteiger partial charge in [0, 0.05) is 13.1 Å². The Morgan fingerprint density at radius 1 is 1.33 bits per heavy atom. The fourth-order valence-corrected chi connectivity index (χ4v) is 3.36. The van der Waals surface area contributed by atoms with Gasteiger partial charge in [0.2, 0.25) is 0 Å². The summed E-state index contributed by atoms with van der Waals surface area (Å²) in [6.07, 6.45) is 2.01. The van der Waals surface area contributed by atoms with E-state index >= 15 is 0 Å². The summed E-state index contributed by atoms with van der Waals surface area (Å²) >= 11 is 0. The molecule has 0 bridgehead atoms. The molecule has 1 unspecified atom stereocenters. The Morgan fingerprint density at radius 3 is 2.50 bits per heavy atom. The molecule has 1 aliphatic rings. The van der Waals surface area contributed by atoms with Crippen LogP contribution in [0.2, 0.25) is 0 Å². The van der Waals surface area contributed by atoms with Crippen molar-refractivity contribution in [3.63, 3.8) is 0 Å². The first-order chi connectivity index (χ1) is 11.2. The molecule has 0 aliphatic carbocycles. The Balaban J connectivity index is 2.20. The zero-order valence-corrected chi connectivity index (χ0v) is 15.5. The number of amides is 1. The Labute approximate surface area is 145 Å². The summed E-state index contributed by atoms with van der Waals surface area (Å²) in [6, 6.07) is 8.73. The molecule has 1 atom stereocenters. The maximum absolute atomic E-state index is 12.4. The number of carbonyl (C=O) groups excluding carboxylic acids is 1. The zero-order chi connectivity index (χ0) is 18.0. The monoisotopic (exact) mass is 328 g/mol. The van der Waals surface area contributed by atoms with Gasteiger partial charge in [-0.2, -0.15) is 5.26 Å². The molecule has 0 saturated carbocycles. The van der Waals surface area contributed by atoms with Crippen LogP contribution in [-0.4, -0.2) is 29.7 Å². The van der Waals surface area contributed by atoms with Crippen LogP contribution in [0.5, 0.6) is 0 Å². The summed E-state index contributed by atoms with van der Waals surface area (Å²) in [7, 11) is 0. The minimum Gasteiger partial charge on any atom is -0.444 e. The van der Waals surface area contributed by atoms with Gasteiger partial charge in [0.25, 0.3) is 0 Å². The van der Waals surface area contributed by atoms with Crippen molar-refractivity contribution in [2.75, 3.05) is 13.1 Å². The molecule has 0 N–H and O–H groups in total. The predicted octanol–water partition coefficient (Wildman–Crippen LogP) is 4.39. The quantitative estimate of drug-likeness (QED) is 0.809. The molecule has 1 aliphatic heterocycles. The van der Waals surface area contributed by atoms with Crippen molar-refractivity contribution < 1.29 is 9.53 Å². The first-order valence-electron chi connectivity index (χ1n) is 8.60. The largest absolute Gasteiger partial charge is 0.444 e. The van der Waals surface area contributed by atoms with Crippen LogP contribution < -0.4 is 0 Å². The third kappa shape index (κ3) is 4.29. The number of rotatable bonds is 2. The van der Waals surface area contributed by atoms with Crippen LogP contribution in [-0.2, 0) is 11.2 Å². The van der Waals surface area contributed by atoms with Crippen LogP contribution in [0.4, 0.5) is 4.79 Å². The molecule has 1 saturated heterocycles. The van der Waals surface area contributed by atoms with Gasteiger partial charge in [-0.25, -0.2) is 4.79 Å². The van der Waals surface area contributed by atoms with Crippen LogP contribution in [0.25, 0.3) is 0 Å². The number of nitrogens with zero attached hydrogens (tertiary/aromatic N) is 2. The lowest BCUT2D eigenvalue weighted by Gasteiger charge is -2.39. The van der Waals surface area contributed by atoms with Crippen LogP contribution >= 0.6 is 0 Å². The van der Waals surface area contributed by atoms with Gasteiger partial charge in [0.15, 0.2) is 0 Å². The molecule has 0 radical (unpaired) electrons. The first-order valence-corrected chi connectivity index (χ1v) is 8.60. The van der Waals surface area contributed by atoms with Crippen molar-refractivity contribution in [2.45, 2.75) is 59.5 Å². The van der Waals surface area contributed by atoms with Gasteiger partial charge in [-0.3, -0.25) is 0 Å². The lowest BCUT2D eigenvalue weighted by molar-refractivity contribution is 0.0111. The minimum atomic E-state index is -0.536. The van der Waals surface area contributed by atoms with Gasteiger partial charge in [0.05, 0.1) is 11.5 Å². The third-order valence-corrected chi connectivity index (χ3v) is 4.63. The maximum Gasteiger partial charge on any atom is 0.410 e. The second-order valence-corrected chi connectivity index (χ2v) is 7.94. The van der Waals surface area contributed by atoms with E-state index in [1.165, 1.54) is 16.7 Å². The number of hydrogen-bond donors (Lipinski definition) is 0. The number of hydrogen-bond acceptors (Lipinski definition) is 3. The van der Waals surface area contributed by atoms with E-state index in [1.54, 1.807) is 4.90 Å². The third-order valence-electron chi connectivity index (χ3n) is 4.63. The van der Waals surface area contributed by atoms with E-state index in [4.69, 9.17) is 4.74 Å². The van der Waals surface area contributed by atoms with Crippen molar-refractivity contribution in [1.82, 2.24) is 4.90 Å². The van der Waals surface area contributed by atoms with E-state index < -0.39 is 11.0 Å². The van der Waals surface area contributed by atoms with Crippen LogP contribution in [0, 0.1) is 30.6 Å². The highest BCUT2D eigenvalue weighted by atomic mass is 16.6. The molecule has 130 valence electrons. The van der Waals surface area contributed by atoms with Gasteiger partial charge in [-0.15, -0.1) is 0 Å². The minimum absolute atomic E-state index is 0.316. The molecular formula is C20H28N2O2. The summed E-state index contributed by atoms with van der Waals surface area (Å²) in [5.41, 5.74) is 2.59. The SMILES string of the molecule is Cc1cccc(C)c1CC1(C#N)CCCN(C(=O)OC(C)(C)C)C1. The van der Waals surface area contributed by atoms with Crippen molar-refractivity contribution in [3.8, 4) is 6.07 Å². The lowest BCUT2D eigenvalue weighted by atomic mass is 9.75. The van der Waals surface area contributed by atoms with Gasteiger partial charge in [0.1, 0.15) is 5.60 Å². The molecule has 24 heavy (non-hydrogen) atoms. The van der Waals surface area contributed by atoms with Gasteiger partial charge < -0.3 is 9.64 Å². The molecule has 1 amide bonds. The van der Waals surface area contributed by atoms with Gasteiger partial charge in [-0.1, -0.05) is 18.2 Å². The predicted molar refractivity (Wildman–Crippen MR) is 94.7 cm³/mol. The zero-order valence-electron chi connectivity index (χ0n) is 15.5. The molecule has 0 spiro atoms. The summed E-state index contributed by atoms with van der Waals surface area (Å²) in [4.78, 5) is 14.1. The maximum atomic E-state index is 12.4.